The van der Waals surface area contributed by atoms with Crippen LogP contribution in [0.1, 0.15) is 20.3 Å². The number of rotatable bonds is 9. The summed E-state index contributed by atoms with van der Waals surface area (Å²) in [5.74, 6) is 0.993. The van der Waals surface area contributed by atoms with Gasteiger partial charge in [0.1, 0.15) is 5.75 Å². The Hall–Kier alpha value is -1.79. The number of nitrogens with zero attached hydrogens (tertiary/aromatic N) is 2. The van der Waals surface area contributed by atoms with Gasteiger partial charge in [-0.15, -0.1) is 0 Å². The summed E-state index contributed by atoms with van der Waals surface area (Å²) in [6.07, 6.45) is 1.10. The highest BCUT2D eigenvalue weighted by molar-refractivity contribution is 5.78. The molecule has 0 aliphatic carbocycles. The molecule has 0 spiro atoms. The summed E-state index contributed by atoms with van der Waals surface area (Å²) < 4.78 is 10.9. The number of nitrogens with one attached hydrogen (secondary N) is 1. The molecule has 0 aromatic heterocycles. The number of anilines is 1. The second-order valence-electron chi connectivity index (χ2n) is 6.56. The van der Waals surface area contributed by atoms with Crippen LogP contribution in [-0.4, -0.2) is 69.9 Å². The number of hydrogen-bond donors (Lipinski definition) is 1. The second-order valence-corrected chi connectivity index (χ2v) is 6.56. The Bertz CT molecular complexity index is 528. The van der Waals surface area contributed by atoms with Crippen LogP contribution in [0.25, 0.3) is 0 Å². The number of methoxy groups -OCH3 is 1. The largest absolute Gasteiger partial charge is 0.495 e. The third-order valence-corrected chi connectivity index (χ3v) is 4.26. The van der Waals surface area contributed by atoms with E-state index in [9.17, 15) is 4.79 Å². The third-order valence-electron chi connectivity index (χ3n) is 4.26. The first-order valence-electron chi connectivity index (χ1n) is 9.08. The summed E-state index contributed by atoms with van der Waals surface area (Å²) in [6.45, 7) is 9.41. The van der Waals surface area contributed by atoms with Crippen LogP contribution < -0.4 is 15.0 Å². The Kier molecular flexibility index (Phi) is 8.01. The zero-order valence-electron chi connectivity index (χ0n) is 15.7. The summed E-state index contributed by atoms with van der Waals surface area (Å²) >= 11 is 0. The van der Waals surface area contributed by atoms with E-state index in [1.807, 2.05) is 32.0 Å². The normalized spacial score (nSPS) is 15.4. The molecule has 1 aliphatic rings. The van der Waals surface area contributed by atoms with E-state index in [0.29, 0.717) is 19.7 Å². The van der Waals surface area contributed by atoms with Crippen LogP contribution >= 0.6 is 0 Å². The van der Waals surface area contributed by atoms with Crippen LogP contribution in [0.5, 0.6) is 5.75 Å². The Morgan fingerprint density at radius 2 is 1.92 bits per heavy atom. The lowest BCUT2D eigenvalue weighted by Crippen LogP contribution is -2.49. The molecule has 0 radical (unpaired) electrons. The molecule has 1 amide bonds. The standard InChI is InChI=1S/C19H31N3O3/c1-16(2)25-14-6-9-20-19(23)15-21-10-12-22(13-11-21)17-7-4-5-8-18(17)24-3/h4-5,7-8,16H,6,9-15H2,1-3H3,(H,20,23). The number of piperazine rings is 1. The Labute approximate surface area is 151 Å². The van der Waals surface area contributed by atoms with Gasteiger partial charge >= 0.3 is 0 Å². The molecule has 1 aromatic rings. The lowest BCUT2D eigenvalue weighted by Gasteiger charge is -2.36. The summed E-state index contributed by atoms with van der Waals surface area (Å²) in [5.41, 5.74) is 1.12. The van der Waals surface area contributed by atoms with Crippen LogP contribution in [0.4, 0.5) is 5.69 Å². The Morgan fingerprint density at radius 1 is 1.20 bits per heavy atom. The molecule has 0 saturated carbocycles. The zero-order valence-corrected chi connectivity index (χ0v) is 15.7. The molecule has 0 atom stereocenters. The minimum Gasteiger partial charge on any atom is -0.495 e. The van der Waals surface area contributed by atoms with Crippen molar-refractivity contribution in [3.8, 4) is 5.75 Å². The van der Waals surface area contributed by atoms with Crippen LogP contribution in [0.2, 0.25) is 0 Å². The lowest BCUT2D eigenvalue weighted by atomic mass is 10.2. The molecule has 1 N–H and O–H groups in total. The van der Waals surface area contributed by atoms with Gasteiger partial charge in [0.25, 0.3) is 0 Å². The van der Waals surface area contributed by atoms with Gasteiger partial charge in [-0.25, -0.2) is 0 Å². The van der Waals surface area contributed by atoms with Gasteiger partial charge in [0.15, 0.2) is 0 Å². The SMILES string of the molecule is COc1ccccc1N1CCN(CC(=O)NCCCOC(C)C)CC1. The fourth-order valence-electron chi connectivity index (χ4n) is 2.92. The fraction of sp³-hybridized carbons (Fsp3) is 0.632. The van der Waals surface area contributed by atoms with Crippen molar-refractivity contribution < 1.29 is 14.3 Å². The van der Waals surface area contributed by atoms with E-state index in [4.69, 9.17) is 9.47 Å². The first kappa shape index (κ1) is 19.5. The van der Waals surface area contributed by atoms with E-state index in [1.165, 1.54) is 0 Å². The van der Waals surface area contributed by atoms with Gasteiger partial charge in [-0.2, -0.15) is 0 Å². The van der Waals surface area contributed by atoms with E-state index in [-0.39, 0.29) is 12.0 Å². The van der Waals surface area contributed by atoms with Crippen molar-refractivity contribution in [3.05, 3.63) is 24.3 Å². The molecule has 1 aromatic carbocycles. The summed E-state index contributed by atoms with van der Waals surface area (Å²) in [5, 5.41) is 2.97. The average molecular weight is 349 g/mol. The van der Waals surface area contributed by atoms with Gasteiger partial charge in [0, 0.05) is 39.3 Å². The maximum Gasteiger partial charge on any atom is 0.234 e. The molecule has 0 bridgehead atoms. The van der Waals surface area contributed by atoms with Gasteiger partial charge in [0.2, 0.25) is 5.91 Å². The Balaban J connectivity index is 1.67. The smallest absolute Gasteiger partial charge is 0.234 e. The number of ether oxygens (including phenoxy) is 2. The molecule has 6 heteroatoms. The molecular formula is C19H31N3O3. The van der Waals surface area contributed by atoms with Crippen molar-refractivity contribution in [1.29, 1.82) is 0 Å². The van der Waals surface area contributed by atoms with Gasteiger partial charge in [-0.1, -0.05) is 12.1 Å². The molecule has 0 unspecified atom stereocenters. The van der Waals surface area contributed by atoms with Crippen LogP contribution in [0.3, 0.4) is 0 Å². The van der Waals surface area contributed by atoms with E-state index < -0.39 is 0 Å². The molecule has 1 saturated heterocycles. The number of carbonyl (C=O) groups excluding carboxylic acids is 1. The lowest BCUT2D eigenvalue weighted by molar-refractivity contribution is -0.122. The minimum absolute atomic E-state index is 0.0929. The monoisotopic (exact) mass is 349 g/mol. The molecule has 140 valence electrons. The molecule has 2 rings (SSSR count). The highest BCUT2D eigenvalue weighted by Gasteiger charge is 2.20. The van der Waals surface area contributed by atoms with E-state index in [1.54, 1.807) is 7.11 Å². The average Bonchev–Trinajstić information content (AvgIpc) is 2.62. The first-order chi connectivity index (χ1) is 12.1. The number of carbonyl (C=O) groups is 1. The molecule has 25 heavy (non-hydrogen) atoms. The summed E-state index contributed by atoms with van der Waals surface area (Å²) in [4.78, 5) is 16.5. The highest BCUT2D eigenvalue weighted by Crippen LogP contribution is 2.28. The van der Waals surface area contributed by atoms with Gasteiger partial charge < -0.3 is 19.7 Å². The first-order valence-corrected chi connectivity index (χ1v) is 9.08. The number of hydrogen-bond acceptors (Lipinski definition) is 5. The van der Waals surface area contributed by atoms with Crippen molar-refractivity contribution in [3.63, 3.8) is 0 Å². The Morgan fingerprint density at radius 3 is 2.60 bits per heavy atom. The predicted octanol–water partition coefficient (Wildman–Crippen LogP) is 1.75. The summed E-state index contributed by atoms with van der Waals surface area (Å²) in [6, 6.07) is 8.08. The van der Waals surface area contributed by atoms with Crippen molar-refractivity contribution in [2.75, 3.05) is 57.9 Å². The van der Waals surface area contributed by atoms with Crippen LogP contribution in [0.15, 0.2) is 24.3 Å². The molecule has 1 heterocycles. The minimum atomic E-state index is 0.0929. The highest BCUT2D eigenvalue weighted by atomic mass is 16.5. The quantitative estimate of drug-likeness (QED) is 0.689. The van der Waals surface area contributed by atoms with Gasteiger partial charge in [-0.3, -0.25) is 9.69 Å². The van der Waals surface area contributed by atoms with Crippen LogP contribution in [0, 0.1) is 0 Å². The van der Waals surface area contributed by atoms with Crippen molar-refractivity contribution in [2.45, 2.75) is 26.4 Å². The molecule has 6 nitrogen and oxygen atoms in total. The van der Waals surface area contributed by atoms with Crippen molar-refractivity contribution in [1.82, 2.24) is 10.2 Å². The molecule has 1 aliphatic heterocycles. The second kappa shape index (κ2) is 10.3. The number of benzene rings is 1. The topological polar surface area (TPSA) is 54.0 Å². The van der Waals surface area contributed by atoms with Crippen molar-refractivity contribution >= 4 is 11.6 Å². The number of para-hydroxylation sites is 2. The fourth-order valence-corrected chi connectivity index (χ4v) is 2.92. The molecular weight excluding hydrogens is 318 g/mol. The maximum atomic E-state index is 12.0. The van der Waals surface area contributed by atoms with E-state index in [2.05, 4.69) is 21.2 Å². The third kappa shape index (κ3) is 6.55. The molecule has 1 fully saturated rings. The van der Waals surface area contributed by atoms with Gasteiger partial charge in [0.05, 0.1) is 25.4 Å². The van der Waals surface area contributed by atoms with Crippen LogP contribution in [-0.2, 0) is 9.53 Å². The number of amides is 1. The van der Waals surface area contributed by atoms with Crippen molar-refractivity contribution in [2.24, 2.45) is 0 Å². The maximum absolute atomic E-state index is 12.0. The van der Waals surface area contributed by atoms with E-state index >= 15 is 0 Å². The van der Waals surface area contributed by atoms with Gasteiger partial charge in [-0.05, 0) is 32.4 Å². The predicted molar refractivity (Wildman–Crippen MR) is 100 cm³/mol. The van der Waals surface area contributed by atoms with E-state index in [0.717, 1.165) is 44.0 Å². The summed E-state index contributed by atoms with van der Waals surface area (Å²) in [7, 11) is 1.70. The zero-order chi connectivity index (χ0) is 18.1.